The lowest BCUT2D eigenvalue weighted by molar-refractivity contribution is 0.992. The number of nitrogens with zero attached hydrogens (tertiary/aromatic N) is 6. The summed E-state index contributed by atoms with van der Waals surface area (Å²) in [6, 6.07) is 13.9. The summed E-state index contributed by atoms with van der Waals surface area (Å²) in [7, 11) is 0. The largest absolute Gasteiger partial charge is 0.364 e. The van der Waals surface area contributed by atoms with Crippen molar-refractivity contribution >= 4 is 16.9 Å². The monoisotopic (exact) mass is 368 g/mol. The van der Waals surface area contributed by atoms with E-state index < -0.39 is 0 Å². The third-order valence-electron chi connectivity index (χ3n) is 4.45. The average Bonchev–Trinajstić information content (AvgIpc) is 3.45. The van der Waals surface area contributed by atoms with Crippen molar-refractivity contribution < 1.29 is 0 Å². The van der Waals surface area contributed by atoms with Gasteiger partial charge in [-0.3, -0.25) is 9.55 Å². The van der Waals surface area contributed by atoms with Gasteiger partial charge in [0, 0.05) is 29.5 Å². The van der Waals surface area contributed by atoms with Gasteiger partial charge >= 0.3 is 0 Å². The van der Waals surface area contributed by atoms with E-state index in [0.29, 0.717) is 6.54 Å². The number of aromatic amines is 1. The number of aromatic nitrogens is 7. The molecule has 0 aliphatic heterocycles. The van der Waals surface area contributed by atoms with Gasteiger partial charge in [-0.25, -0.2) is 9.97 Å². The Labute approximate surface area is 160 Å². The van der Waals surface area contributed by atoms with Crippen LogP contribution < -0.4 is 5.32 Å². The molecule has 0 saturated carbocycles. The van der Waals surface area contributed by atoms with Crippen LogP contribution in [0.3, 0.4) is 0 Å². The second-order valence-corrected chi connectivity index (χ2v) is 6.24. The lowest BCUT2D eigenvalue weighted by atomic mass is 10.1. The quantitative estimate of drug-likeness (QED) is 0.494. The fourth-order valence-corrected chi connectivity index (χ4v) is 3.07. The molecule has 0 spiro atoms. The molecule has 0 aromatic carbocycles. The predicted molar refractivity (Wildman–Crippen MR) is 106 cm³/mol. The maximum atomic E-state index is 4.66. The Bertz CT molecular complexity index is 1190. The number of pyridine rings is 3. The molecule has 0 atom stereocenters. The van der Waals surface area contributed by atoms with Gasteiger partial charge in [0.15, 0.2) is 0 Å². The van der Waals surface area contributed by atoms with Crippen LogP contribution in [0, 0.1) is 0 Å². The second kappa shape index (κ2) is 6.92. The van der Waals surface area contributed by atoms with E-state index in [1.807, 2.05) is 54.9 Å². The van der Waals surface area contributed by atoms with Crippen molar-refractivity contribution in [2.75, 3.05) is 5.32 Å². The van der Waals surface area contributed by atoms with Crippen LogP contribution in [0.15, 0.2) is 73.7 Å². The number of fused-ring (bicyclic) bond motifs is 1. The molecule has 5 rings (SSSR count). The van der Waals surface area contributed by atoms with E-state index in [1.54, 1.807) is 23.4 Å². The molecule has 136 valence electrons. The van der Waals surface area contributed by atoms with Crippen molar-refractivity contribution in [3.8, 4) is 16.9 Å². The summed E-state index contributed by atoms with van der Waals surface area (Å²) in [5.74, 6) is 1.54. The zero-order chi connectivity index (χ0) is 18.8. The SMILES string of the molecule is c1ccc(CNc2cc(-c3ccc(-n4cnnc4)nc3)c3cc[nH]c3n2)nc1. The van der Waals surface area contributed by atoms with Crippen molar-refractivity contribution in [3.63, 3.8) is 0 Å². The number of hydrogen-bond acceptors (Lipinski definition) is 6. The number of hydrogen-bond donors (Lipinski definition) is 2. The number of H-pyrrole nitrogens is 1. The topological polar surface area (TPSA) is 97.2 Å². The van der Waals surface area contributed by atoms with Crippen LogP contribution in [0.5, 0.6) is 0 Å². The first-order chi connectivity index (χ1) is 13.9. The van der Waals surface area contributed by atoms with Crippen LogP contribution in [-0.2, 0) is 6.54 Å². The first-order valence-electron chi connectivity index (χ1n) is 8.80. The average molecular weight is 368 g/mol. The molecule has 2 N–H and O–H groups in total. The van der Waals surface area contributed by atoms with Crippen LogP contribution in [0.1, 0.15) is 5.69 Å². The van der Waals surface area contributed by atoms with Crippen molar-refractivity contribution in [1.82, 2.24) is 34.7 Å². The van der Waals surface area contributed by atoms with Crippen molar-refractivity contribution in [1.29, 1.82) is 0 Å². The molecule has 0 radical (unpaired) electrons. The summed E-state index contributed by atoms with van der Waals surface area (Å²) in [6.07, 6.45) is 8.77. The Hall–Kier alpha value is -4.07. The predicted octanol–water partition coefficient (Wildman–Crippen LogP) is 3.21. The number of anilines is 1. The van der Waals surface area contributed by atoms with E-state index in [4.69, 9.17) is 0 Å². The summed E-state index contributed by atoms with van der Waals surface area (Å²) in [6.45, 7) is 0.602. The van der Waals surface area contributed by atoms with Crippen LogP contribution >= 0.6 is 0 Å². The highest BCUT2D eigenvalue weighted by molar-refractivity contribution is 5.94. The fraction of sp³-hybridized carbons (Fsp3) is 0.0500. The van der Waals surface area contributed by atoms with Crippen molar-refractivity contribution in [2.24, 2.45) is 0 Å². The Morgan fingerprint density at radius 3 is 2.71 bits per heavy atom. The first kappa shape index (κ1) is 16.1. The van der Waals surface area contributed by atoms with E-state index in [2.05, 4.69) is 35.5 Å². The molecule has 5 heterocycles. The fourth-order valence-electron chi connectivity index (χ4n) is 3.07. The van der Waals surface area contributed by atoms with Crippen molar-refractivity contribution in [3.05, 3.63) is 79.4 Å². The Morgan fingerprint density at radius 1 is 1.00 bits per heavy atom. The van der Waals surface area contributed by atoms with Gasteiger partial charge in [-0.2, -0.15) is 0 Å². The van der Waals surface area contributed by atoms with E-state index in [0.717, 1.165) is 39.5 Å². The standard InChI is InChI=1S/C20H16N8/c1-2-7-21-15(3-1)11-23-18-9-17(16-6-8-22-20(16)27-18)14-4-5-19(24-10-14)28-12-25-26-13-28/h1-10,12-13H,11H2,(H2,22,23,27). The van der Waals surface area contributed by atoms with E-state index in [9.17, 15) is 0 Å². The maximum absolute atomic E-state index is 4.66. The molecule has 0 unspecified atom stereocenters. The summed E-state index contributed by atoms with van der Waals surface area (Å²) < 4.78 is 1.77. The molecule has 0 amide bonds. The van der Waals surface area contributed by atoms with Crippen LogP contribution in [0.2, 0.25) is 0 Å². The molecular weight excluding hydrogens is 352 g/mol. The van der Waals surface area contributed by atoms with Crippen LogP contribution in [-0.4, -0.2) is 34.7 Å². The minimum atomic E-state index is 0.602. The molecule has 8 nitrogen and oxygen atoms in total. The zero-order valence-corrected chi connectivity index (χ0v) is 14.8. The highest BCUT2D eigenvalue weighted by Crippen LogP contribution is 2.30. The van der Waals surface area contributed by atoms with Gasteiger partial charge in [0.25, 0.3) is 0 Å². The summed E-state index contributed by atoms with van der Waals surface area (Å²) in [5.41, 5.74) is 3.84. The van der Waals surface area contributed by atoms with Gasteiger partial charge in [0.05, 0.1) is 12.2 Å². The van der Waals surface area contributed by atoms with Gasteiger partial charge < -0.3 is 10.3 Å². The summed E-state index contributed by atoms with van der Waals surface area (Å²) in [5, 5.41) is 12.0. The van der Waals surface area contributed by atoms with Crippen molar-refractivity contribution in [2.45, 2.75) is 6.54 Å². The van der Waals surface area contributed by atoms with Crippen LogP contribution in [0.4, 0.5) is 5.82 Å². The van der Waals surface area contributed by atoms with E-state index >= 15 is 0 Å². The Balaban J connectivity index is 1.49. The normalized spacial score (nSPS) is 11.0. The van der Waals surface area contributed by atoms with Crippen LogP contribution in [0.25, 0.3) is 28.0 Å². The molecule has 0 aliphatic carbocycles. The summed E-state index contributed by atoms with van der Waals surface area (Å²) in [4.78, 5) is 16.7. The second-order valence-electron chi connectivity index (χ2n) is 6.24. The molecule has 8 heteroatoms. The lowest BCUT2D eigenvalue weighted by Crippen LogP contribution is -2.03. The highest BCUT2D eigenvalue weighted by atomic mass is 15.2. The minimum Gasteiger partial charge on any atom is -0.364 e. The molecule has 28 heavy (non-hydrogen) atoms. The maximum Gasteiger partial charge on any atom is 0.140 e. The smallest absolute Gasteiger partial charge is 0.140 e. The van der Waals surface area contributed by atoms with Gasteiger partial charge in [-0.1, -0.05) is 6.07 Å². The number of nitrogens with one attached hydrogen (secondary N) is 2. The van der Waals surface area contributed by atoms with Gasteiger partial charge in [-0.05, 0) is 42.0 Å². The van der Waals surface area contributed by atoms with Gasteiger partial charge in [0.1, 0.15) is 29.9 Å². The number of rotatable bonds is 5. The molecule has 5 aromatic heterocycles. The van der Waals surface area contributed by atoms with E-state index in [1.165, 1.54) is 0 Å². The zero-order valence-electron chi connectivity index (χ0n) is 14.8. The minimum absolute atomic E-state index is 0.602. The summed E-state index contributed by atoms with van der Waals surface area (Å²) >= 11 is 0. The molecule has 0 saturated heterocycles. The van der Waals surface area contributed by atoms with E-state index in [-0.39, 0.29) is 0 Å². The molecule has 0 fully saturated rings. The van der Waals surface area contributed by atoms with Gasteiger partial charge in [0.2, 0.25) is 0 Å². The third-order valence-corrected chi connectivity index (χ3v) is 4.45. The molecular formula is C20H16N8. The first-order valence-corrected chi connectivity index (χ1v) is 8.80. The molecule has 5 aromatic rings. The molecule has 0 aliphatic rings. The Morgan fingerprint density at radius 2 is 1.93 bits per heavy atom. The lowest BCUT2D eigenvalue weighted by Gasteiger charge is -2.10. The highest BCUT2D eigenvalue weighted by Gasteiger charge is 2.10. The third kappa shape index (κ3) is 3.07. The van der Waals surface area contributed by atoms with Gasteiger partial charge in [-0.15, -0.1) is 10.2 Å². The Kier molecular flexibility index (Phi) is 3.98. The molecule has 0 bridgehead atoms.